The van der Waals surface area contributed by atoms with Crippen molar-refractivity contribution in [3.63, 3.8) is 0 Å². The zero-order valence-electron chi connectivity index (χ0n) is 11.6. The van der Waals surface area contributed by atoms with E-state index in [1.165, 1.54) is 31.2 Å². The van der Waals surface area contributed by atoms with E-state index >= 15 is 0 Å². The van der Waals surface area contributed by atoms with Gasteiger partial charge in [0.2, 0.25) is 0 Å². The van der Waals surface area contributed by atoms with Crippen molar-refractivity contribution < 1.29 is 0 Å². The highest BCUT2D eigenvalue weighted by atomic mass is 15.1. The summed E-state index contributed by atoms with van der Waals surface area (Å²) in [5.41, 5.74) is 7.84. The molecule has 1 saturated carbocycles. The first-order chi connectivity index (χ1) is 8.78. The van der Waals surface area contributed by atoms with Crippen LogP contribution in [0.4, 0.5) is 0 Å². The minimum atomic E-state index is 0.394. The summed E-state index contributed by atoms with van der Waals surface area (Å²) in [6, 6.07) is 10.8. The second-order valence-corrected chi connectivity index (χ2v) is 5.70. The molecule has 0 saturated heterocycles. The summed E-state index contributed by atoms with van der Waals surface area (Å²) in [5, 5.41) is 0. The number of hydrogen-bond acceptors (Lipinski definition) is 2. The Hall–Kier alpha value is -0.860. The maximum atomic E-state index is 6.04. The Kier molecular flexibility index (Phi) is 4.79. The van der Waals surface area contributed by atoms with Gasteiger partial charge in [0.1, 0.15) is 0 Å². The van der Waals surface area contributed by atoms with Crippen LogP contribution < -0.4 is 5.73 Å². The Bertz CT molecular complexity index is 341. The molecular formula is C16H26N2. The van der Waals surface area contributed by atoms with Gasteiger partial charge in [0.05, 0.1) is 0 Å². The van der Waals surface area contributed by atoms with Crippen LogP contribution in [0.25, 0.3) is 0 Å². The van der Waals surface area contributed by atoms with Crippen molar-refractivity contribution in [1.29, 1.82) is 0 Å². The summed E-state index contributed by atoms with van der Waals surface area (Å²) < 4.78 is 0. The maximum Gasteiger partial charge on any atom is 0.0233 e. The molecule has 0 aromatic heterocycles. The van der Waals surface area contributed by atoms with Gasteiger partial charge in [-0.15, -0.1) is 0 Å². The highest BCUT2D eigenvalue weighted by molar-refractivity contribution is 5.14. The third kappa shape index (κ3) is 3.33. The quantitative estimate of drug-likeness (QED) is 0.836. The molecule has 0 radical (unpaired) electrons. The molecular weight excluding hydrogens is 220 g/mol. The van der Waals surface area contributed by atoms with E-state index in [1.807, 2.05) is 0 Å². The van der Waals surface area contributed by atoms with E-state index in [-0.39, 0.29) is 0 Å². The minimum Gasteiger partial charge on any atom is -0.330 e. The maximum absolute atomic E-state index is 6.04. The topological polar surface area (TPSA) is 29.3 Å². The van der Waals surface area contributed by atoms with Crippen LogP contribution in [0.1, 0.15) is 38.2 Å². The minimum absolute atomic E-state index is 0.394. The van der Waals surface area contributed by atoms with E-state index < -0.39 is 0 Å². The molecule has 2 nitrogen and oxygen atoms in total. The van der Waals surface area contributed by atoms with Crippen molar-refractivity contribution in [2.45, 2.75) is 39.2 Å². The van der Waals surface area contributed by atoms with E-state index in [0.29, 0.717) is 5.41 Å². The van der Waals surface area contributed by atoms with Gasteiger partial charge in [0, 0.05) is 13.1 Å². The first-order valence-electron chi connectivity index (χ1n) is 7.24. The number of benzene rings is 1. The second kappa shape index (κ2) is 6.35. The van der Waals surface area contributed by atoms with Crippen molar-refractivity contribution >= 4 is 0 Å². The lowest BCUT2D eigenvalue weighted by Gasteiger charge is -2.34. The average molecular weight is 246 g/mol. The van der Waals surface area contributed by atoms with Crippen LogP contribution in [0.3, 0.4) is 0 Å². The fourth-order valence-electron chi connectivity index (χ4n) is 3.15. The number of rotatable bonds is 6. The van der Waals surface area contributed by atoms with Gasteiger partial charge >= 0.3 is 0 Å². The van der Waals surface area contributed by atoms with E-state index in [1.54, 1.807) is 0 Å². The molecule has 1 fully saturated rings. The summed E-state index contributed by atoms with van der Waals surface area (Å²) in [7, 11) is 0. The van der Waals surface area contributed by atoms with Crippen molar-refractivity contribution in [3.8, 4) is 0 Å². The van der Waals surface area contributed by atoms with Gasteiger partial charge in [-0.05, 0) is 36.9 Å². The van der Waals surface area contributed by atoms with Crippen molar-refractivity contribution in [1.82, 2.24) is 4.90 Å². The molecule has 0 bridgehead atoms. The van der Waals surface area contributed by atoms with Gasteiger partial charge in [-0.1, -0.05) is 50.1 Å². The smallest absolute Gasteiger partial charge is 0.0233 e. The van der Waals surface area contributed by atoms with Gasteiger partial charge in [0.15, 0.2) is 0 Å². The highest BCUT2D eigenvalue weighted by Gasteiger charge is 2.33. The highest BCUT2D eigenvalue weighted by Crippen LogP contribution is 2.38. The number of nitrogens with zero attached hydrogens (tertiary/aromatic N) is 1. The van der Waals surface area contributed by atoms with Crippen LogP contribution >= 0.6 is 0 Å². The Balaban J connectivity index is 1.96. The fraction of sp³-hybridized carbons (Fsp3) is 0.625. The Labute approximate surface area is 111 Å². The van der Waals surface area contributed by atoms with Crippen LogP contribution in [-0.4, -0.2) is 24.5 Å². The molecule has 2 heteroatoms. The Morgan fingerprint density at radius 3 is 2.39 bits per heavy atom. The standard InChI is InChI=1S/C16H26N2/c1-2-18(12-15-8-4-3-5-9-15)14-16(13-17)10-6-7-11-16/h3-5,8-9H,2,6-7,10-14,17H2,1H3. The molecule has 0 aliphatic heterocycles. The van der Waals surface area contributed by atoms with Gasteiger partial charge in [0.25, 0.3) is 0 Å². The predicted octanol–water partition coefficient (Wildman–Crippen LogP) is 3.03. The summed E-state index contributed by atoms with van der Waals surface area (Å²) >= 11 is 0. The molecule has 1 aliphatic rings. The van der Waals surface area contributed by atoms with Gasteiger partial charge in [-0.3, -0.25) is 4.90 Å². The largest absolute Gasteiger partial charge is 0.330 e. The molecule has 0 unspecified atom stereocenters. The molecule has 1 aliphatic carbocycles. The molecule has 0 spiro atoms. The fourth-order valence-corrected chi connectivity index (χ4v) is 3.15. The lowest BCUT2D eigenvalue weighted by Crippen LogP contribution is -2.40. The normalized spacial score (nSPS) is 18.4. The number of hydrogen-bond donors (Lipinski definition) is 1. The SMILES string of the molecule is CCN(Cc1ccccc1)CC1(CN)CCCC1. The second-order valence-electron chi connectivity index (χ2n) is 5.70. The molecule has 2 rings (SSSR count). The Morgan fingerprint density at radius 1 is 1.17 bits per heavy atom. The first kappa shape index (κ1) is 13.6. The van der Waals surface area contributed by atoms with Crippen LogP contribution in [0, 0.1) is 5.41 Å². The van der Waals surface area contributed by atoms with Crippen molar-refractivity contribution in [3.05, 3.63) is 35.9 Å². The summed E-state index contributed by atoms with van der Waals surface area (Å²) in [6.45, 7) is 6.42. The lowest BCUT2D eigenvalue weighted by molar-refractivity contribution is 0.157. The molecule has 1 aromatic rings. The molecule has 100 valence electrons. The van der Waals surface area contributed by atoms with E-state index in [9.17, 15) is 0 Å². The van der Waals surface area contributed by atoms with Crippen molar-refractivity contribution in [2.75, 3.05) is 19.6 Å². The van der Waals surface area contributed by atoms with Gasteiger partial charge in [-0.2, -0.15) is 0 Å². The third-order valence-corrected chi connectivity index (χ3v) is 4.35. The van der Waals surface area contributed by atoms with Gasteiger partial charge < -0.3 is 5.73 Å². The molecule has 0 amide bonds. The summed E-state index contributed by atoms with van der Waals surface area (Å²) in [4.78, 5) is 2.55. The van der Waals surface area contributed by atoms with Gasteiger partial charge in [-0.25, -0.2) is 0 Å². The van der Waals surface area contributed by atoms with E-state index in [2.05, 4.69) is 42.2 Å². The summed E-state index contributed by atoms with van der Waals surface area (Å²) in [5.74, 6) is 0. The number of nitrogens with two attached hydrogens (primary N) is 1. The lowest BCUT2D eigenvalue weighted by atomic mass is 9.85. The van der Waals surface area contributed by atoms with Crippen LogP contribution in [0.15, 0.2) is 30.3 Å². The van der Waals surface area contributed by atoms with E-state index in [0.717, 1.165) is 26.2 Å². The summed E-state index contributed by atoms with van der Waals surface area (Å²) in [6.07, 6.45) is 5.35. The molecule has 1 aromatic carbocycles. The monoisotopic (exact) mass is 246 g/mol. The van der Waals surface area contributed by atoms with Crippen LogP contribution in [0.2, 0.25) is 0 Å². The van der Waals surface area contributed by atoms with Crippen LogP contribution in [0.5, 0.6) is 0 Å². The zero-order chi connectivity index (χ0) is 12.8. The molecule has 0 atom stereocenters. The van der Waals surface area contributed by atoms with E-state index in [4.69, 9.17) is 5.73 Å². The first-order valence-corrected chi connectivity index (χ1v) is 7.24. The molecule has 18 heavy (non-hydrogen) atoms. The average Bonchev–Trinajstić information content (AvgIpc) is 2.88. The predicted molar refractivity (Wildman–Crippen MR) is 77.3 cm³/mol. The zero-order valence-corrected chi connectivity index (χ0v) is 11.6. The molecule has 2 N–H and O–H groups in total. The Morgan fingerprint density at radius 2 is 1.83 bits per heavy atom. The van der Waals surface area contributed by atoms with Crippen LogP contribution in [-0.2, 0) is 6.54 Å². The third-order valence-electron chi connectivity index (χ3n) is 4.35. The van der Waals surface area contributed by atoms with Crippen molar-refractivity contribution in [2.24, 2.45) is 11.1 Å². The molecule has 0 heterocycles.